The van der Waals surface area contributed by atoms with Gasteiger partial charge in [-0.1, -0.05) is 18.3 Å². The van der Waals surface area contributed by atoms with Gasteiger partial charge in [0.25, 0.3) is 5.91 Å². The molecule has 0 radical (unpaired) electrons. The Labute approximate surface area is 107 Å². The summed E-state index contributed by atoms with van der Waals surface area (Å²) < 4.78 is 0. The van der Waals surface area contributed by atoms with Crippen LogP contribution in [0.2, 0.25) is 0 Å². The molecule has 1 aromatic rings. The van der Waals surface area contributed by atoms with Gasteiger partial charge >= 0.3 is 0 Å². The zero-order valence-electron chi connectivity index (χ0n) is 10.1. The summed E-state index contributed by atoms with van der Waals surface area (Å²) in [7, 11) is 0. The molecule has 1 heterocycles. The maximum atomic E-state index is 12.1. The van der Waals surface area contributed by atoms with Crippen molar-refractivity contribution in [1.29, 1.82) is 0 Å². The summed E-state index contributed by atoms with van der Waals surface area (Å²) in [6.07, 6.45) is 0.542. The lowest BCUT2D eigenvalue weighted by atomic mass is 10.2. The molecule has 0 saturated carbocycles. The minimum atomic E-state index is -0.0764. The SMILES string of the molecule is CCN(CCC(N)=S)C(=O)c1cccc(C)n1. The fourth-order valence-corrected chi connectivity index (χ4v) is 1.56. The molecule has 1 aromatic heterocycles. The van der Waals surface area contributed by atoms with E-state index in [1.165, 1.54) is 0 Å². The Hall–Kier alpha value is -1.49. The average Bonchev–Trinajstić information content (AvgIpc) is 2.29. The Morgan fingerprint density at radius 3 is 2.76 bits per heavy atom. The number of pyridine rings is 1. The molecule has 0 saturated heterocycles. The van der Waals surface area contributed by atoms with Crippen LogP contribution in [0.4, 0.5) is 0 Å². The van der Waals surface area contributed by atoms with E-state index in [4.69, 9.17) is 18.0 Å². The van der Waals surface area contributed by atoms with E-state index in [0.29, 0.717) is 30.2 Å². The summed E-state index contributed by atoms with van der Waals surface area (Å²) in [6.45, 7) is 4.95. The quantitative estimate of drug-likeness (QED) is 0.806. The molecule has 4 nitrogen and oxygen atoms in total. The predicted octanol–water partition coefficient (Wildman–Crippen LogP) is 1.53. The Bertz CT molecular complexity index is 420. The third-order valence-electron chi connectivity index (χ3n) is 2.40. The number of carbonyl (C=O) groups is 1. The number of aromatic nitrogens is 1. The fraction of sp³-hybridized carbons (Fsp3) is 0.417. The van der Waals surface area contributed by atoms with Gasteiger partial charge in [0, 0.05) is 25.2 Å². The second kappa shape index (κ2) is 6.30. The first-order valence-corrected chi connectivity index (χ1v) is 5.96. The topological polar surface area (TPSA) is 59.2 Å². The summed E-state index contributed by atoms with van der Waals surface area (Å²) in [5.74, 6) is -0.0764. The first-order chi connectivity index (χ1) is 8.04. The van der Waals surface area contributed by atoms with Gasteiger partial charge in [-0.05, 0) is 26.0 Å². The van der Waals surface area contributed by atoms with Crippen LogP contribution >= 0.6 is 12.2 Å². The molecule has 0 aliphatic carbocycles. The predicted molar refractivity (Wildman–Crippen MR) is 72.0 cm³/mol. The van der Waals surface area contributed by atoms with Gasteiger partial charge in [0.1, 0.15) is 5.69 Å². The van der Waals surface area contributed by atoms with E-state index in [1.54, 1.807) is 11.0 Å². The molecule has 0 unspecified atom stereocenters. The van der Waals surface area contributed by atoms with E-state index in [9.17, 15) is 4.79 Å². The van der Waals surface area contributed by atoms with Gasteiger partial charge in [-0.3, -0.25) is 4.79 Å². The van der Waals surface area contributed by atoms with Crippen LogP contribution in [0, 0.1) is 6.92 Å². The number of hydrogen-bond donors (Lipinski definition) is 1. The third kappa shape index (κ3) is 4.11. The fourth-order valence-electron chi connectivity index (χ4n) is 1.47. The Morgan fingerprint density at radius 2 is 2.24 bits per heavy atom. The van der Waals surface area contributed by atoms with Crippen LogP contribution < -0.4 is 5.73 Å². The molecule has 5 heteroatoms. The normalized spacial score (nSPS) is 10.0. The van der Waals surface area contributed by atoms with Crippen molar-refractivity contribution in [2.45, 2.75) is 20.3 Å². The van der Waals surface area contributed by atoms with Crippen LogP contribution in [0.3, 0.4) is 0 Å². The van der Waals surface area contributed by atoms with Crippen molar-refractivity contribution in [3.05, 3.63) is 29.6 Å². The van der Waals surface area contributed by atoms with Crippen LogP contribution in [0.15, 0.2) is 18.2 Å². The summed E-state index contributed by atoms with van der Waals surface area (Å²) in [5, 5.41) is 0. The number of thiocarbonyl (C=S) groups is 1. The Kier molecular flexibility index (Phi) is 5.03. The van der Waals surface area contributed by atoms with Crippen molar-refractivity contribution in [1.82, 2.24) is 9.88 Å². The number of carbonyl (C=O) groups excluding carboxylic acids is 1. The molecule has 17 heavy (non-hydrogen) atoms. The molecule has 1 amide bonds. The van der Waals surface area contributed by atoms with Gasteiger partial charge in [-0.2, -0.15) is 0 Å². The van der Waals surface area contributed by atoms with Gasteiger partial charge < -0.3 is 10.6 Å². The molecule has 0 fully saturated rings. The summed E-state index contributed by atoms with van der Waals surface area (Å²) >= 11 is 4.81. The zero-order valence-corrected chi connectivity index (χ0v) is 11.0. The van der Waals surface area contributed by atoms with Gasteiger partial charge in [0.2, 0.25) is 0 Å². The van der Waals surface area contributed by atoms with Crippen LogP contribution in [-0.2, 0) is 0 Å². The molecule has 92 valence electrons. The standard InChI is InChI=1S/C12H17N3OS/c1-3-15(8-7-11(13)17)12(16)10-6-4-5-9(2)14-10/h4-6H,3,7-8H2,1-2H3,(H2,13,17). The van der Waals surface area contributed by atoms with E-state index >= 15 is 0 Å². The molecule has 0 atom stereocenters. The molecule has 0 aromatic carbocycles. The van der Waals surface area contributed by atoms with Crippen molar-refractivity contribution in [3.63, 3.8) is 0 Å². The highest BCUT2D eigenvalue weighted by atomic mass is 32.1. The van der Waals surface area contributed by atoms with Crippen LogP contribution in [0.1, 0.15) is 29.5 Å². The highest BCUT2D eigenvalue weighted by Gasteiger charge is 2.15. The Balaban J connectivity index is 2.75. The number of nitrogens with zero attached hydrogens (tertiary/aromatic N) is 2. The number of aryl methyl sites for hydroxylation is 1. The van der Waals surface area contributed by atoms with Crippen LogP contribution in [-0.4, -0.2) is 33.9 Å². The van der Waals surface area contributed by atoms with Crippen molar-refractivity contribution >= 4 is 23.1 Å². The molecular formula is C12H17N3OS. The largest absolute Gasteiger partial charge is 0.393 e. The lowest BCUT2D eigenvalue weighted by Crippen LogP contribution is -2.34. The molecule has 2 N–H and O–H groups in total. The van der Waals surface area contributed by atoms with Crippen molar-refractivity contribution in [2.75, 3.05) is 13.1 Å². The first-order valence-electron chi connectivity index (χ1n) is 5.55. The van der Waals surface area contributed by atoms with Crippen molar-refractivity contribution < 1.29 is 4.79 Å². The van der Waals surface area contributed by atoms with Gasteiger partial charge in [-0.15, -0.1) is 0 Å². The van der Waals surface area contributed by atoms with Crippen LogP contribution in [0.25, 0.3) is 0 Å². The first kappa shape index (κ1) is 13.6. The zero-order chi connectivity index (χ0) is 12.8. The summed E-state index contributed by atoms with van der Waals surface area (Å²) in [4.78, 5) is 18.5. The smallest absolute Gasteiger partial charge is 0.272 e. The molecule has 0 bridgehead atoms. The second-order valence-corrected chi connectivity index (χ2v) is 4.29. The van der Waals surface area contributed by atoms with Gasteiger partial charge in [0.05, 0.1) is 4.99 Å². The third-order valence-corrected chi connectivity index (χ3v) is 2.61. The number of amides is 1. The summed E-state index contributed by atoms with van der Waals surface area (Å²) in [5.41, 5.74) is 6.74. The van der Waals surface area contributed by atoms with Gasteiger partial charge in [0.15, 0.2) is 0 Å². The highest BCUT2D eigenvalue weighted by molar-refractivity contribution is 7.80. The van der Waals surface area contributed by atoms with E-state index in [1.807, 2.05) is 26.0 Å². The molecule has 0 aliphatic rings. The van der Waals surface area contributed by atoms with Crippen molar-refractivity contribution in [3.8, 4) is 0 Å². The van der Waals surface area contributed by atoms with E-state index in [0.717, 1.165) is 5.69 Å². The van der Waals surface area contributed by atoms with E-state index < -0.39 is 0 Å². The second-order valence-electron chi connectivity index (χ2n) is 3.77. The lowest BCUT2D eigenvalue weighted by Gasteiger charge is -2.20. The maximum absolute atomic E-state index is 12.1. The monoisotopic (exact) mass is 251 g/mol. The van der Waals surface area contributed by atoms with Crippen LogP contribution in [0.5, 0.6) is 0 Å². The Morgan fingerprint density at radius 1 is 1.53 bits per heavy atom. The average molecular weight is 251 g/mol. The summed E-state index contributed by atoms with van der Waals surface area (Å²) in [6, 6.07) is 5.41. The molecule has 1 rings (SSSR count). The number of hydrogen-bond acceptors (Lipinski definition) is 3. The minimum Gasteiger partial charge on any atom is -0.393 e. The molecule has 0 spiro atoms. The van der Waals surface area contributed by atoms with Gasteiger partial charge in [-0.25, -0.2) is 4.98 Å². The van der Waals surface area contributed by atoms with Crippen molar-refractivity contribution in [2.24, 2.45) is 5.73 Å². The van der Waals surface area contributed by atoms with E-state index in [-0.39, 0.29) is 5.91 Å². The number of rotatable bonds is 5. The minimum absolute atomic E-state index is 0.0764. The molecular weight excluding hydrogens is 234 g/mol. The number of nitrogens with two attached hydrogens (primary N) is 1. The van der Waals surface area contributed by atoms with E-state index in [2.05, 4.69) is 4.98 Å². The molecule has 0 aliphatic heterocycles. The maximum Gasteiger partial charge on any atom is 0.272 e. The highest BCUT2D eigenvalue weighted by Crippen LogP contribution is 2.04. The lowest BCUT2D eigenvalue weighted by molar-refractivity contribution is 0.0763.